The summed E-state index contributed by atoms with van der Waals surface area (Å²) in [5.74, 6) is -0.494. The van der Waals surface area contributed by atoms with Crippen molar-refractivity contribution in [2.75, 3.05) is 6.54 Å². The Morgan fingerprint density at radius 1 is 1.18 bits per heavy atom. The molecule has 1 aliphatic rings. The van der Waals surface area contributed by atoms with Gasteiger partial charge < -0.3 is 11.1 Å². The van der Waals surface area contributed by atoms with Gasteiger partial charge in [-0.2, -0.15) is 0 Å². The summed E-state index contributed by atoms with van der Waals surface area (Å²) in [5.41, 5.74) is 7.76. The third-order valence-corrected chi connectivity index (χ3v) is 3.72. The number of amides is 2. The summed E-state index contributed by atoms with van der Waals surface area (Å²) in [5, 5.41) is 2.94. The number of rotatable bonds is 4. The fraction of sp³-hybridized carbons (Fsp3) is 0.176. The predicted molar refractivity (Wildman–Crippen MR) is 82.7 cm³/mol. The summed E-state index contributed by atoms with van der Waals surface area (Å²) in [6.45, 7) is 0.991. The average molecular weight is 295 g/mol. The zero-order valence-electron chi connectivity index (χ0n) is 12.0. The van der Waals surface area contributed by atoms with Crippen molar-refractivity contribution in [3.05, 3.63) is 71.3 Å². The second-order valence-corrected chi connectivity index (χ2v) is 5.35. The van der Waals surface area contributed by atoms with E-state index in [1.165, 1.54) is 0 Å². The summed E-state index contributed by atoms with van der Waals surface area (Å²) in [7, 11) is 0. The van der Waals surface area contributed by atoms with Gasteiger partial charge in [-0.15, -0.1) is 0 Å². The van der Waals surface area contributed by atoms with Crippen LogP contribution in [0.3, 0.4) is 0 Å². The molecule has 0 aromatic heterocycles. The van der Waals surface area contributed by atoms with Gasteiger partial charge in [0.05, 0.1) is 6.54 Å². The van der Waals surface area contributed by atoms with Crippen molar-refractivity contribution < 1.29 is 9.59 Å². The first-order valence-corrected chi connectivity index (χ1v) is 7.10. The molecule has 5 nitrogen and oxygen atoms in total. The van der Waals surface area contributed by atoms with Crippen LogP contribution in [0.5, 0.6) is 0 Å². The van der Waals surface area contributed by atoms with Crippen molar-refractivity contribution in [3.63, 3.8) is 0 Å². The standard InChI is InChI=1S/C17H17N3O2/c18-16(22)13-7-4-8-14(9-13)17-19-15(21)11-20(17)10-12-5-2-1-3-6-12/h1-9,17H,10-11H2,(H2,18,22)(H,19,21)/t17-/m0/s1. The van der Waals surface area contributed by atoms with Crippen molar-refractivity contribution >= 4 is 11.8 Å². The zero-order valence-corrected chi connectivity index (χ0v) is 12.0. The Kier molecular flexibility index (Phi) is 3.89. The van der Waals surface area contributed by atoms with Gasteiger partial charge in [0.1, 0.15) is 6.17 Å². The highest BCUT2D eigenvalue weighted by atomic mass is 16.2. The van der Waals surface area contributed by atoms with Gasteiger partial charge in [0.2, 0.25) is 11.8 Å². The highest BCUT2D eigenvalue weighted by Crippen LogP contribution is 2.24. The number of nitrogens with one attached hydrogen (secondary N) is 1. The number of benzene rings is 2. The molecule has 112 valence electrons. The van der Waals surface area contributed by atoms with Gasteiger partial charge in [-0.3, -0.25) is 14.5 Å². The number of hydrogen-bond donors (Lipinski definition) is 2. The molecule has 3 rings (SSSR count). The summed E-state index contributed by atoms with van der Waals surface area (Å²) in [4.78, 5) is 25.2. The van der Waals surface area contributed by atoms with E-state index in [0.717, 1.165) is 11.1 Å². The molecule has 2 amide bonds. The van der Waals surface area contributed by atoms with Crippen molar-refractivity contribution in [2.45, 2.75) is 12.7 Å². The van der Waals surface area contributed by atoms with Crippen LogP contribution >= 0.6 is 0 Å². The number of primary amides is 1. The Morgan fingerprint density at radius 3 is 2.68 bits per heavy atom. The molecular weight excluding hydrogens is 278 g/mol. The van der Waals surface area contributed by atoms with Crippen LogP contribution in [-0.4, -0.2) is 23.3 Å². The van der Waals surface area contributed by atoms with Crippen LogP contribution < -0.4 is 11.1 Å². The summed E-state index contributed by atoms with van der Waals surface area (Å²) in [6, 6.07) is 17.0. The molecular formula is C17H17N3O2. The molecule has 0 spiro atoms. The molecule has 1 aliphatic heterocycles. The van der Waals surface area contributed by atoms with E-state index in [0.29, 0.717) is 18.7 Å². The topological polar surface area (TPSA) is 75.4 Å². The van der Waals surface area contributed by atoms with E-state index in [-0.39, 0.29) is 12.1 Å². The Hall–Kier alpha value is -2.66. The first-order chi connectivity index (χ1) is 10.6. The SMILES string of the molecule is NC(=O)c1cccc([C@H]2NC(=O)CN2Cc2ccccc2)c1. The minimum atomic E-state index is -0.471. The summed E-state index contributed by atoms with van der Waals surface area (Å²) >= 11 is 0. The molecule has 3 N–H and O–H groups in total. The third kappa shape index (κ3) is 2.99. The van der Waals surface area contributed by atoms with Crippen molar-refractivity contribution in [1.82, 2.24) is 10.2 Å². The van der Waals surface area contributed by atoms with Crippen LogP contribution in [0, 0.1) is 0 Å². The summed E-state index contributed by atoms with van der Waals surface area (Å²) in [6.07, 6.45) is -0.244. The fourth-order valence-electron chi connectivity index (χ4n) is 2.69. The monoisotopic (exact) mass is 295 g/mol. The van der Waals surface area contributed by atoms with Crippen LogP contribution in [-0.2, 0) is 11.3 Å². The Bertz CT molecular complexity index is 700. The first-order valence-electron chi connectivity index (χ1n) is 7.10. The summed E-state index contributed by atoms with van der Waals surface area (Å²) < 4.78 is 0. The Balaban J connectivity index is 1.86. The van der Waals surface area contributed by atoms with E-state index in [2.05, 4.69) is 5.32 Å². The van der Waals surface area contributed by atoms with Crippen LogP contribution in [0.1, 0.15) is 27.7 Å². The quantitative estimate of drug-likeness (QED) is 0.895. The van der Waals surface area contributed by atoms with Gasteiger partial charge in [0.15, 0.2) is 0 Å². The average Bonchev–Trinajstić information content (AvgIpc) is 2.89. The predicted octanol–water partition coefficient (Wildman–Crippen LogP) is 1.42. The van der Waals surface area contributed by atoms with E-state index >= 15 is 0 Å². The van der Waals surface area contributed by atoms with Gasteiger partial charge in [-0.25, -0.2) is 0 Å². The second-order valence-electron chi connectivity index (χ2n) is 5.35. The van der Waals surface area contributed by atoms with Crippen molar-refractivity contribution in [2.24, 2.45) is 5.73 Å². The highest BCUT2D eigenvalue weighted by molar-refractivity contribution is 5.93. The Labute approximate surface area is 128 Å². The van der Waals surface area contributed by atoms with E-state index in [4.69, 9.17) is 5.73 Å². The number of nitrogens with zero attached hydrogens (tertiary/aromatic N) is 1. The molecule has 0 unspecified atom stereocenters. The second kappa shape index (κ2) is 5.99. The van der Waals surface area contributed by atoms with Crippen LogP contribution in [0.2, 0.25) is 0 Å². The molecule has 2 aromatic carbocycles. The normalized spacial score (nSPS) is 18.2. The number of carbonyl (C=O) groups excluding carboxylic acids is 2. The molecule has 1 saturated heterocycles. The highest BCUT2D eigenvalue weighted by Gasteiger charge is 2.31. The minimum Gasteiger partial charge on any atom is -0.366 e. The zero-order chi connectivity index (χ0) is 15.5. The lowest BCUT2D eigenvalue weighted by Crippen LogP contribution is -2.27. The van der Waals surface area contributed by atoms with Crippen LogP contribution in [0.25, 0.3) is 0 Å². The largest absolute Gasteiger partial charge is 0.366 e. The van der Waals surface area contributed by atoms with Gasteiger partial charge in [-0.05, 0) is 23.3 Å². The molecule has 1 fully saturated rings. The maximum Gasteiger partial charge on any atom is 0.248 e. The van der Waals surface area contributed by atoms with E-state index in [1.54, 1.807) is 18.2 Å². The Morgan fingerprint density at radius 2 is 1.95 bits per heavy atom. The molecule has 22 heavy (non-hydrogen) atoms. The molecule has 1 heterocycles. The first kappa shape index (κ1) is 14.3. The van der Waals surface area contributed by atoms with E-state index in [9.17, 15) is 9.59 Å². The maximum absolute atomic E-state index is 11.8. The molecule has 0 saturated carbocycles. The van der Waals surface area contributed by atoms with Crippen molar-refractivity contribution in [1.29, 1.82) is 0 Å². The third-order valence-electron chi connectivity index (χ3n) is 3.72. The lowest BCUT2D eigenvalue weighted by atomic mass is 10.1. The fourth-order valence-corrected chi connectivity index (χ4v) is 2.69. The molecule has 0 bridgehead atoms. The lowest BCUT2D eigenvalue weighted by molar-refractivity contribution is -0.118. The van der Waals surface area contributed by atoms with Crippen LogP contribution in [0.15, 0.2) is 54.6 Å². The smallest absolute Gasteiger partial charge is 0.248 e. The van der Waals surface area contributed by atoms with Gasteiger partial charge in [0, 0.05) is 12.1 Å². The number of nitrogens with two attached hydrogens (primary N) is 1. The maximum atomic E-state index is 11.8. The van der Waals surface area contributed by atoms with Gasteiger partial charge in [0.25, 0.3) is 0 Å². The van der Waals surface area contributed by atoms with Gasteiger partial charge in [-0.1, -0.05) is 42.5 Å². The van der Waals surface area contributed by atoms with Gasteiger partial charge >= 0.3 is 0 Å². The molecule has 2 aromatic rings. The number of carbonyl (C=O) groups is 2. The number of hydrogen-bond acceptors (Lipinski definition) is 3. The molecule has 5 heteroatoms. The van der Waals surface area contributed by atoms with E-state index in [1.807, 2.05) is 41.3 Å². The molecule has 1 atom stereocenters. The van der Waals surface area contributed by atoms with Crippen LogP contribution in [0.4, 0.5) is 0 Å². The van der Waals surface area contributed by atoms with Crippen molar-refractivity contribution in [3.8, 4) is 0 Å². The van der Waals surface area contributed by atoms with E-state index < -0.39 is 5.91 Å². The lowest BCUT2D eigenvalue weighted by Gasteiger charge is -2.23. The molecule has 0 radical (unpaired) electrons. The minimum absolute atomic E-state index is 0.0228. The molecule has 0 aliphatic carbocycles.